The number of carbonyl (C=O) groups excluding carboxylic acids is 3. The lowest BCUT2D eigenvalue weighted by Crippen LogP contribution is -2.32. The summed E-state index contributed by atoms with van der Waals surface area (Å²) in [5.74, 6) is -1.27. The molecule has 120 valence electrons. The van der Waals surface area contributed by atoms with Gasteiger partial charge in [-0.2, -0.15) is 0 Å². The van der Waals surface area contributed by atoms with Gasteiger partial charge in [0.25, 0.3) is 5.91 Å². The van der Waals surface area contributed by atoms with Gasteiger partial charge in [0, 0.05) is 5.69 Å². The first kappa shape index (κ1) is 16.3. The molecule has 23 heavy (non-hydrogen) atoms. The summed E-state index contributed by atoms with van der Waals surface area (Å²) in [6.45, 7) is 1.57. The summed E-state index contributed by atoms with van der Waals surface area (Å²) in [7, 11) is 1.28. The average Bonchev–Trinajstić information content (AvgIpc) is 3.08. The number of amides is 2. The zero-order valence-corrected chi connectivity index (χ0v) is 12.7. The Morgan fingerprint density at radius 2 is 2.00 bits per heavy atom. The molecule has 0 fully saturated rings. The molecule has 0 unspecified atom stereocenters. The fourth-order valence-corrected chi connectivity index (χ4v) is 1.85. The predicted molar refractivity (Wildman–Crippen MR) is 82.2 cm³/mol. The number of hydrogen-bond acceptors (Lipinski definition) is 5. The van der Waals surface area contributed by atoms with E-state index in [2.05, 4.69) is 15.4 Å². The predicted octanol–water partition coefficient (Wildman–Crippen LogP) is 1.74. The number of anilines is 1. The molecule has 0 radical (unpaired) electrons. The van der Waals surface area contributed by atoms with Gasteiger partial charge in [-0.3, -0.25) is 9.59 Å². The number of furan rings is 1. The van der Waals surface area contributed by atoms with Crippen molar-refractivity contribution in [2.24, 2.45) is 0 Å². The Labute approximate surface area is 132 Å². The van der Waals surface area contributed by atoms with Crippen molar-refractivity contribution in [1.29, 1.82) is 0 Å². The molecule has 1 aromatic heterocycles. The van der Waals surface area contributed by atoms with Crippen molar-refractivity contribution in [3.8, 4) is 0 Å². The van der Waals surface area contributed by atoms with Crippen molar-refractivity contribution >= 4 is 23.5 Å². The molecule has 0 aliphatic carbocycles. The molecule has 0 aliphatic rings. The standard InChI is InChI=1S/C16H16N2O5/c1-10-5-6-11(16(21)22-2)8-12(10)18-14(19)9-17-15(20)13-4-3-7-23-13/h3-8H,9H2,1-2H3,(H,17,20)(H,18,19). The maximum atomic E-state index is 11.9. The largest absolute Gasteiger partial charge is 0.465 e. The smallest absolute Gasteiger partial charge is 0.337 e. The summed E-state index contributed by atoms with van der Waals surface area (Å²) in [4.78, 5) is 35.1. The first-order valence-electron chi connectivity index (χ1n) is 6.82. The Hall–Kier alpha value is -3.09. The summed E-state index contributed by atoms with van der Waals surface area (Å²) < 4.78 is 9.56. The van der Waals surface area contributed by atoms with Gasteiger partial charge in [-0.1, -0.05) is 6.07 Å². The highest BCUT2D eigenvalue weighted by molar-refractivity contribution is 5.99. The van der Waals surface area contributed by atoms with Gasteiger partial charge in [-0.25, -0.2) is 4.79 Å². The molecule has 0 spiro atoms. The maximum absolute atomic E-state index is 11.9. The second-order valence-corrected chi connectivity index (χ2v) is 4.73. The van der Waals surface area contributed by atoms with E-state index in [1.54, 1.807) is 25.1 Å². The number of methoxy groups -OCH3 is 1. The summed E-state index contributed by atoms with van der Waals surface area (Å²) in [5, 5.41) is 5.07. The van der Waals surface area contributed by atoms with E-state index in [9.17, 15) is 14.4 Å². The Kier molecular flexibility index (Phi) is 5.14. The first-order chi connectivity index (χ1) is 11.0. The van der Waals surface area contributed by atoms with Crippen LogP contribution in [0.25, 0.3) is 0 Å². The third-order valence-corrected chi connectivity index (χ3v) is 3.09. The number of nitrogens with one attached hydrogen (secondary N) is 2. The van der Waals surface area contributed by atoms with Gasteiger partial charge in [0.05, 0.1) is 25.5 Å². The molecule has 0 saturated carbocycles. The van der Waals surface area contributed by atoms with Crippen molar-refractivity contribution in [2.75, 3.05) is 19.0 Å². The third-order valence-electron chi connectivity index (χ3n) is 3.09. The zero-order valence-electron chi connectivity index (χ0n) is 12.7. The Balaban J connectivity index is 1.97. The van der Waals surface area contributed by atoms with Crippen molar-refractivity contribution < 1.29 is 23.5 Å². The molecule has 0 atom stereocenters. The van der Waals surface area contributed by atoms with E-state index in [0.29, 0.717) is 11.3 Å². The number of hydrogen-bond donors (Lipinski definition) is 2. The van der Waals surface area contributed by atoms with E-state index >= 15 is 0 Å². The van der Waals surface area contributed by atoms with Gasteiger partial charge in [0.15, 0.2) is 5.76 Å². The van der Waals surface area contributed by atoms with Crippen molar-refractivity contribution in [1.82, 2.24) is 5.32 Å². The molecule has 2 rings (SSSR count). The molecule has 7 nitrogen and oxygen atoms in total. The fraction of sp³-hybridized carbons (Fsp3) is 0.188. The van der Waals surface area contributed by atoms with Crippen LogP contribution in [0.2, 0.25) is 0 Å². The number of aryl methyl sites for hydroxylation is 1. The van der Waals surface area contributed by atoms with Crippen LogP contribution in [-0.2, 0) is 9.53 Å². The van der Waals surface area contributed by atoms with Crippen LogP contribution in [0.1, 0.15) is 26.5 Å². The second kappa shape index (κ2) is 7.26. The van der Waals surface area contributed by atoms with Crippen LogP contribution in [0, 0.1) is 6.92 Å². The second-order valence-electron chi connectivity index (χ2n) is 4.73. The highest BCUT2D eigenvalue weighted by atomic mass is 16.5. The third kappa shape index (κ3) is 4.19. The molecular formula is C16H16N2O5. The van der Waals surface area contributed by atoms with Gasteiger partial charge in [0.2, 0.25) is 5.91 Å². The normalized spacial score (nSPS) is 10.0. The van der Waals surface area contributed by atoms with Crippen LogP contribution in [0.3, 0.4) is 0 Å². The van der Waals surface area contributed by atoms with Crippen LogP contribution < -0.4 is 10.6 Å². The number of ether oxygens (including phenoxy) is 1. The molecule has 0 saturated heterocycles. The number of carbonyl (C=O) groups is 3. The summed E-state index contributed by atoms with van der Waals surface area (Å²) in [6.07, 6.45) is 1.37. The van der Waals surface area contributed by atoms with Crippen LogP contribution in [0.15, 0.2) is 41.0 Å². The van der Waals surface area contributed by atoms with E-state index in [-0.39, 0.29) is 12.3 Å². The van der Waals surface area contributed by atoms with Crippen molar-refractivity contribution in [3.63, 3.8) is 0 Å². The lowest BCUT2D eigenvalue weighted by atomic mass is 10.1. The summed E-state index contributed by atoms with van der Waals surface area (Å²) >= 11 is 0. The van der Waals surface area contributed by atoms with Gasteiger partial charge in [-0.15, -0.1) is 0 Å². The van der Waals surface area contributed by atoms with Gasteiger partial charge in [-0.05, 0) is 36.8 Å². The molecule has 0 bridgehead atoms. The Morgan fingerprint density at radius 3 is 2.65 bits per heavy atom. The Bertz CT molecular complexity index is 722. The Morgan fingerprint density at radius 1 is 1.22 bits per heavy atom. The van der Waals surface area contributed by atoms with Crippen LogP contribution in [0.4, 0.5) is 5.69 Å². The molecule has 2 N–H and O–H groups in total. The highest BCUT2D eigenvalue weighted by Gasteiger charge is 2.12. The lowest BCUT2D eigenvalue weighted by Gasteiger charge is -2.10. The molecule has 2 aromatic rings. The zero-order chi connectivity index (χ0) is 16.8. The number of rotatable bonds is 5. The van der Waals surface area contributed by atoms with Crippen molar-refractivity contribution in [2.45, 2.75) is 6.92 Å². The van der Waals surface area contributed by atoms with E-state index in [1.165, 1.54) is 25.5 Å². The SMILES string of the molecule is COC(=O)c1ccc(C)c(NC(=O)CNC(=O)c2ccco2)c1. The summed E-state index contributed by atoms with van der Waals surface area (Å²) in [5.41, 5.74) is 1.58. The van der Waals surface area contributed by atoms with Gasteiger partial charge >= 0.3 is 5.97 Å². The van der Waals surface area contributed by atoms with Crippen LogP contribution in [-0.4, -0.2) is 31.4 Å². The minimum Gasteiger partial charge on any atom is -0.465 e. The molecule has 7 heteroatoms. The van der Waals surface area contributed by atoms with Gasteiger partial charge < -0.3 is 19.8 Å². The van der Waals surface area contributed by atoms with Crippen molar-refractivity contribution in [3.05, 3.63) is 53.5 Å². The minimum absolute atomic E-state index is 0.127. The van der Waals surface area contributed by atoms with E-state index in [1.807, 2.05) is 0 Å². The van der Waals surface area contributed by atoms with Gasteiger partial charge in [0.1, 0.15) is 0 Å². The minimum atomic E-state index is -0.494. The topological polar surface area (TPSA) is 97.6 Å². The monoisotopic (exact) mass is 316 g/mol. The van der Waals surface area contributed by atoms with E-state index in [0.717, 1.165) is 5.56 Å². The quantitative estimate of drug-likeness (QED) is 0.819. The highest BCUT2D eigenvalue weighted by Crippen LogP contribution is 2.17. The van der Waals surface area contributed by atoms with E-state index < -0.39 is 17.8 Å². The number of esters is 1. The average molecular weight is 316 g/mol. The van der Waals surface area contributed by atoms with E-state index in [4.69, 9.17) is 4.42 Å². The molecule has 2 amide bonds. The fourth-order valence-electron chi connectivity index (χ4n) is 1.85. The molecule has 0 aliphatic heterocycles. The maximum Gasteiger partial charge on any atom is 0.337 e. The number of benzene rings is 1. The summed E-state index contributed by atoms with van der Waals surface area (Å²) in [6, 6.07) is 7.90. The molecule has 1 aromatic carbocycles. The van der Waals surface area contributed by atoms with Crippen LogP contribution >= 0.6 is 0 Å². The van der Waals surface area contributed by atoms with Crippen LogP contribution in [0.5, 0.6) is 0 Å². The molecular weight excluding hydrogens is 300 g/mol. The molecule has 1 heterocycles. The lowest BCUT2D eigenvalue weighted by molar-refractivity contribution is -0.115. The first-order valence-corrected chi connectivity index (χ1v) is 6.82.